The number of amides is 1. The van der Waals surface area contributed by atoms with E-state index in [4.69, 9.17) is 9.47 Å². The molecule has 1 aromatic rings. The number of carbonyl (C=O) groups excluding carboxylic acids is 1. The summed E-state index contributed by atoms with van der Waals surface area (Å²) in [5, 5.41) is 5.85. The summed E-state index contributed by atoms with van der Waals surface area (Å²) in [6.45, 7) is 3.56. The van der Waals surface area contributed by atoms with Gasteiger partial charge in [-0.15, -0.1) is 0 Å². The van der Waals surface area contributed by atoms with Crippen molar-refractivity contribution in [3.63, 3.8) is 0 Å². The number of carbonyl (C=O) groups is 1. The first-order valence-electron chi connectivity index (χ1n) is 6.34. The Morgan fingerprint density at radius 2 is 2.16 bits per heavy atom. The minimum Gasteiger partial charge on any atom is -0.491 e. The lowest BCUT2D eigenvalue weighted by Crippen LogP contribution is -2.28. The number of nitrogens with one attached hydrogen (secondary N) is 2. The number of ether oxygens (including phenoxy) is 2. The van der Waals surface area contributed by atoms with Crippen LogP contribution in [0.4, 0.5) is 5.69 Å². The third-order valence-corrected chi connectivity index (χ3v) is 2.62. The summed E-state index contributed by atoms with van der Waals surface area (Å²) in [6.07, 6.45) is 0. The van der Waals surface area contributed by atoms with E-state index in [-0.39, 0.29) is 11.8 Å². The van der Waals surface area contributed by atoms with Crippen molar-refractivity contribution in [2.75, 3.05) is 39.2 Å². The molecule has 5 nitrogen and oxygen atoms in total. The van der Waals surface area contributed by atoms with Crippen molar-refractivity contribution >= 4 is 11.6 Å². The maximum atomic E-state index is 11.9. The van der Waals surface area contributed by atoms with E-state index in [9.17, 15) is 4.79 Å². The highest BCUT2D eigenvalue weighted by molar-refractivity contribution is 5.92. The van der Waals surface area contributed by atoms with Gasteiger partial charge >= 0.3 is 0 Å². The molecule has 0 saturated heterocycles. The zero-order valence-electron chi connectivity index (χ0n) is 11.7. The Hall–Kier alpha value is -1.59. The summed E-state index contributed by atoms with van der Waals surface area (Å²) >= 11 is 0. The van der Waals surface area contributed by atoms with Crippen LogP contribution in [0.3, 0.4) is 0 Å². The van der Waals surface area contributed by atoms with E-state index >= 15 is 0 Å². The van der Waals surface area contributed by atoms with Crippen LogP contribution in [-0.4, -0.2) is 39.8 Å². The molecule has 1 rings (SSSR count). The third kappa shape index (κ3) is 5.72. The zero-order valence-corrected chi connectivity index (χ0v) is 11.7. The second-order valence-corrected chi connectivity index (χ2v) is 4.32. The first-order valence-corrected chi connectivity index (χ1v) is 6.34. The van der Waals surface area contributed by atoms with E-state index in [1.807, 2.05) is 32.2 Å². The Kier molecular flexibility index (Phi) is 6.92. The molecule has 0 heterocycles. The lowest BCUT2D eigenvalue weighted by atomic mass is 10.1. The number of anilines is 1. The lowest BCUT2D eigenvalue weighted by Gasteiger charge is -2.12. The maximum absolute atomic E-state index is 11.9. The van der Waals surface area contributed by atoms with Crippen LogP contribution in [0.15, 0.2) is 24.3 Å². The van der Waals surface area contributed by atoms with Gasteiger partial charge in [0.2, 0.25) is 5.91 Å². The summed E-state index contributed by atoms with van der Waals surface area (Å²) in [6, 6.07) is 7.34. The number of hydrogen-bond donors (Lipinski definition) is 2. The molecule has 0 saturated carbocycles. The molecule has 1 amide bonds. The molecule has 0 bridgehead atoms. The molecule has 5 heteroatoms. The molecule has 1 unspecified atom stereocenters. The van der Waals surface area contributed by atoms with Crippen LogP contribution in [0.2, 0.25) is 0 Å². The van der Waals surface area contributed by atoms with Gasteiger partial charge in [-0.05, 0) is 19.2 Å². The second-order valence-electron chi connectivity index (χ2n) is 4.32. The van der Waals surface area contributed by atoms with Gasteiger partial charge in [-0.2, -0.15) is 0 Å². The van der Waals surface area contributed by atoms with Crippen molar-refractivity contribution in [3.05, 3.63) is 24.3 Å². The summed E-state index contributed by atoms with van der Waals surface area (Å²) in [5.41, 5.74) is 0.739. The smallest absolute Gasteiger partial charge is 0.228 e. The maximum Gasteiger partial charge on any atom is 0.228 e. The summed E-state index contributed by atoms with van der Waals surface area (Å²) in [5.74, 6) is 0.627. The second kappa shape index (κ2) is 8.50. The fourth-order valence-electron chi connectivity index (χ4n) is 1.57. The van der Waals surface area contributed by atoms with E-state index in [2.05, 4.69) is 10.6 Å². The fraction of sp³-hybridized carbons (Fsp3) is 0.500. The molecule has 0 fully saturated rings. The molecular weight excluding hydrogens is 244 g/mol. The van der Waals surface area contributed by atoms with Gasteiger partial charge in [0.1, 0.15) is 12.4 Å². The van der Waals surface area contributed by atoms with Crippen LogP contribution in [0.5, 0.6) is 5.75 Å². The molecule has 1 atom stereocenters. The number of rotatable bonds is 8. The van der Waals surface area contributed by atoms with E-state index in [1.54, 1.807) is 13.2 Å². The van der Waals surface area contributed by atoms with E-state index < -0.39 is 0 Å². The highest BCUT2D eigenvalue weighted by Crippen LogP contribution is 2.17. The van der Waals surface area contributed by atoms with Crippen molar-refractivity contribution in [1.29, 1.82) is 0 Å². The average molecular weight is 266 g/mol. The van der Waals surface area contributed by atoms with Crippen molar-refractivity contribution in [2.45, 2.75) is 6.92 Å². The van der Waals surface area contributed by atoms with Crippen molar-refractivity contribution in [2.24, 2.45) is 5.92 Å². The van der Waals surface area contributed by atoms with Gasteiger partial charge < -0.3 is 20.1 Å². The Bertz CT molecular complexity index is 396. The summed E-state index contributed by atoms with van der Waals surface area (Å²) < 4.78 is 10.4. The van der Waals surface area contributed by atoms with Gasteiger partial charge in [0.25, 0.3) is 0 Å². The Balaban J connectivity index is 2.54. The number of hydrogen-bond acceptors (Lipinski definition) is 4. The largest absolute Gasteiger partial charge is 0.491 e. The Morgan fingerprint density at radius 1 is 1.37 bits per heavy atom. The molecule has 2 N–H and O–H groups in total. The molecule has 1 aromatic carbocycles. The van der Waals surface area contributed by atoms with Crippen LogP contribution < -0.4 is 15.4 Å². The van der Waals surface area contributed by atoms with Gasteiger partial charge in [-0.3, -0.25) is 4.79 Å². The highest BCUT2D eigenvalue weighted by atomic mass is 16.5. The minimum absolute atomic E-state index is 0.0107. The Labute approximate surface area is 114 Å². The van der Waals surface area contributed by atoms with Crippen molar-refractivity contribution < 1.29 is 14.3 Å². The predicted octanol–water partition coefficient (Wildman–Crippen LogP) is 1.51. The SMILES string of the molecule is CNCC(C)C(=O)Nc1cccc(OCCOC)c1. The van der Waals surface area contributed by atoms with E-state index in [1.165, 1.54) is 0 Å². The number of methoxy groups -OCH3 is 1. The van der Waals surface area contributed by atoms with Crippen molar-refractivity contribution in [3.8, 4) is 5.75 Å². The average Bonchev–Trinajstić information content (AvgIpc) is 2.40. The van der Waals surface area contributed by atoms with Crippen molar-refractivity contribution in [1.82, 2.24) is 5.32 Å². The molecule has 19 heavy (non-hydrogen) atoms. The Morgan fingerprint density at radius 3 is 2.84 bits per heavy atom. The quantitative estimate of drug-likeness (QED) is 0.700. The molecule has 0 radical (unpaired) electrons. The standard InChI is InChI=1S/C14H22N2O3/c1-11(10-15-2)14(17)16-12-5-4-6-13(9-12)19-8-7-18-3/h4-6,9,11,15H,7-8,10H2,1-3H3,(H,16,17). The van der Waals surface area contributed by atoms with Gasteiger partial charge in [0, 0.05) is 31.3 Å². The molecule has 0 aliphatic heterocycles. The molecule has 0 aliphatic carbocycles. The first-order chi connectivity index (χ1) is 9.17. The van der Waals surface area contributed by atoms with Crippen LogP contribution >= 0.6 is 0 Å². The monoisotopic (exact) mass is 266 g/mol. The minimum atomic E-state index is -0.0805. The van der Waals surface area contributed by atoms with E-state index in [0.29, 0.717) is 19.8 Å². The molecule has 106 valence electrons. The zero-order chi connectivity index (χ0) is 14.1. The summed E-state index contributed by atoms with van der Waals surface area (Å²) in [7, 11) is 3.46. The van der Waals surface area contributed by atoms with Gasteiger partial charge in [-0.25, -0.2) is 0 Å². The van der Waals surface area contributed by atoms with Gasteiger partial charge in [0.15, 0.2) is 0 Å². The predicted molar refractivity (Wildman–Crippen MR) is 75.5 cm³/mol. The van der Waals surface area contributed by atoms with Crippen LogP contribution in [-0.2, 0) is 9.53 Å². The van der Waals surface area contributed by atoms with Gasteiger partial charge in [-0.1, -0.05) is 13.0 Å². The highest BCUT2D eigenvalue weighted by Gasteiger charge is 2.11. The van der Waals surface area contributed by atoms with Crippen LogP contribution in [0.1, 0.15) is 6.92 Å². The van der Waals surface area contributed by atoms with Crippen LogP contribution in [0, 0.1) is 5.92 Å². The molecule has 0 spiro atoms. The normalized spacial score (nSPS) is 11.9. The lowest BCUT2D eigenvalue weighted by molar-refractivity contribution is -0.119. The number of benzene rings is 1. The fourth-order valence-corrected chi connectivity index (χ4v) is 1.57. The first kappa shape index (κ1) is 15.5. The third-order valence-electron chi connectivity index (χ3n) is 2.62. The molecule has 0 aromatic heterocycles. The molecule has 0 aliphatic rings. The molecular formula is C14H22N2O3. The van der Waals surface area contributed by atoms with Gasteiger partial charge in [0.05, 0.1) is 6.61 Å². The van der Waals surface area contributed by atoms with E-state index in [0.717, 1.165) is 11.4 Å². The summed E-state index contributed by atoms with van der Waals surface area (Å²) in [4.78, 5) is 11.9. The topological polar surface area (TPSA) is 59.6 Å². The van der Waals surface area contributed by atoms with Crippen LogP contribution in [0.25, 0.3) is 0 Å².